The first-order chi connectivity index (χ1) is 15.2. The van der Waals surface area contributed by atoms with Crippen LogP contribution in [0.4, 0.5) is 11.4 Å². The fourth-order valence-electron chi connectivity index (χ4n) is 3.16. The number of hydrogen-bond donors (Lipinski definition) is 2. The van der Waals surface area contributed by atoms with Crippen LogP contribution in [-0.2, 0) is 4.79 Å². The molecule has 0 saturated carbocycles. The van der Waals surface area contributed by atoms with Crippen LogP contribution in [0.3, 0.4) is 0 Å². The first kappa shape index (κ1) is 24.6. The molecule has 0 heterocycles. The Kier molecular flexibility index (Phi) is 12.0. The lowest BCUT2D eigenvalue weighted by atomic mass is 10.2. The Balaban J connectivity index is 1.68. The molecule has 0 saturated heterocycles. The Morgan fingerprint density at radius 3 is 2.03 bits per heavy atom. The van der Waals surface area contributed by atoms with Gasteiger partial charge in [-0.3, -0.25) is 4.79 Å². The van der Waals surface area contributed by atoms with Gasteiger partial charge >= 0.3 is 0 Å². The van der Waals surface area contributed by atoms with E-state index in [0.717, 1.165) is 42.3 Å². The minimum absolute atomic E-state index is 0.101. The van der Waals surface area contributed by atoms with Crippen molar-refractivity contribution in [3.63, 3.8) is 0 Å². The summed E-state index contributed by atoms with van der Waals surface area (Å²) < 4.78 is 11.5. The Morgan fingerprint density at radius 1 is 0.742 bits per heavy atom. The molecule has 5 heteroatoms. The predicted molar refractivity (Wildman–Crippen MR) is 129 cm³/mol. The number of amides is 1. The smallest absolute Gasteiger partial charge is 0.243 e. The van der Waals surface area contributed by atoms with Gasteiger partial charge in [-0.2, -0.15) is 0 Å². The van der Waals surface area contributed by atoms with Crippen molar-refractivity contribution in [3.05, 3.63) is 48.5 Å². The molecule has 0 fully saturated rings. The average molecular weight is 427 g/mol. The van der Waals surface area contributed by atoms with Gasteiger partial charge in [0.05, 0.1) is 19.8 Å². The molecule has 0 radical (unpaired) electrons. The molecule has 0 aromatic heterocycles. The van der Waals surface area contributed by atoms with Gasteiger partial charge in [-0.15, -0.1) is 0 Å². The summed E-state index contributed by atoms with van der Waals surface area (Å²) in [5.41, 5.74) is 1.63. The number of benzene rings is 2. The lowest BCUT2D eigenvalue weighted by molar-refractivity contribution is -0.114. The highest BCUT2D eigenvalue weighted by Gasteiger charge is 2.04. The molecular weight excluding hydrogens is 388 g/mol. The first-order valence-corrected chi connectivity index (χ1v) is 11.7. The average Bonchev–Trinajstić information content (AvgIpc) is 2.78. The van der Waals surface area contributed by atoms with Gasteiger partial charge in [0.25, 0.3) is 0 Å². The second-order valence-corrected chi connectivity index (χ2v) is 7.77. The summed E-state index contributed by atoms with van der Waals surface area (Å²) in [5.74, 6) is 1.54. The van der Waals surface area contributed by atoms with Crippen LogP contribution in [0.2, 0.25) is 0 Å². The minimum Gasteiger partial charge on any atom is -0.494 e. The van der Waals surface area contributed by atoms with Crippen LogP contribution < -0.4 is 20.1 Å². The number of unbranched alkanes of at least 4 members (excludes halogenated alkanes) is 6. The summed E-state index contributed by atoms with van der Waals surface area (Å²) in [6.45, 7) is 6.05. The zero-order valence-corrected chi connectivity index (χ0v) is 19.1. The normalized spacial score (nSPS) is 10.5. The second-order valence-electron chi connectivity index (χ2n) is 7.77. The zero-order chi connectivity index (χ0) is 22.2. The fourth-order valence-corrected chi connectivity index (χ4v) is 3.16. The van der Waals surface area contributed by atoms with Crippen LogP contribution in [0.1, 0.15) is 65.2 Å². The molecule has 0 unspecified atom stereocenters. The van der Waals surface area contributed by atoms with E-state index >= 15 is 0 Å². The number of rotatable bonds is 16. The summed E-state index contributed by atoms with van der Waals surface area (Å²) in [6.07, 6.45) is 9.46. The lowest BCUT2D eigenvalue weighted by Crippen LogP contribution is -2.21. The molecule has 1 amide bonds. The Morgan fingerprint density at radius 2 is 1.39 bits per heavy atom. The lowest BCUT2D eigenvalue weighted by Gasteiger charge is -2.11. The van der Waals surface area contributed by atoms with Gasteiger partial charge in [0.1, 0.15) is 11.5 Å². The van der Waals surface area contributed by atoms with Crippen LogP contribution >= 0.6 is 0 Å². The van der Waals surface area contributed by atoms with Crippen LogP contribution in [-0.4, -0.2) is 25.7 Å². The summed E-state index contributed by atoms with van der Waals surface area (Å²) >= 11 is 0. The molecule has 0 spiro atoms. The van der Waals surface area contributed by atoms with Crippen LogP contribution in [0.5, 0.6) is 11.5 Å². The van der Waals surface area contributed by atoms with Gasteiger partial charge in [-0.05, 0) is 49.2 Å². The van der Waals surface area contributed by atoms with E-state index < -0.39 is 0 Å². The highest BCUT2D eigenvalue weighted by molar-refractivity contribution is 5.93. The van der Waals surface area contributed by atoms with Crippen molar-refractivity contribution in [2.24, 2.45) is 0 Å². The number of carbonyl (C=O) groups is 1. The summed E-state index contributed by atoms with van der Waals surface area (Å²) in [5, 5.41) is 6.06. The predicted octanol–water partition coefficient (Wildman–Crippen LogP) is 6.66. The molecule has 0 aliphatic heterocycles. The molecular formula is C26H38N2O3. The number of anilines is 2. The molecule has 2 aromatic carbocycles. The van der Waals surface area contributed by atoms with Gasteiger partial charge in [-0.25, -0.2) is 0 Å². The van der Waals surface area contributed by atoms with E-state index in [9.17, 15) is 4.79 Å². The maximum atomic E-state index is 12.3. The number of hydrogen-bond acceptors (Lipinski definition) is 4. The van der Waals surface area contributed by atoms with Crippen molar-refractivity contribution in [1.82, 2.24) is 0 Å². The van der Waals surface area contributed by atoms with Crippen LogP contribution in [0.15, 0.2) is 48.5 Å². The number of carbonyl (C=O) groups excluding carboxylic acids is 1. The van der Waals surface area contributed by atoms with Crippen molar-refractivity contribution in [3.8, 4) is 11.5 Å². The largest absolute Gasteiger partial charge is 0.494 e. The molecule has 5 nitrogen and oxygen atoms in total. The maximum Gasteiger partial charge on any atom is 0.243 e. The summed E-state index contributed by atoms with van der Waals surface area (Å²) in [7, 11) is 0. The van der Waals surface area contributed by atoms with Crippen molar-refractivity contribution in [2.45, 2.75) is 65.2 Å². The quantitative estimate of drug-likeness (QED) is 0.295. The molecule has 170 valence electrons. The van der Waals surface area contributed by atoms with Gasteiger partial charge in [0, 0.05) is 17.4 Å². The van der Waals surface area contributed by atoms with E-state index in [0.29, 0.717) is 6.61 Å². The zero-order valence-electron chi connectivity index (χ0n) is 19.1. The highest BCUT2D eigenvalue weighted by Crippen LogP contribution is 2.19. The molecule has 2 rings (SSSR count). The van der Waals surface area contributed by atoms with Crippen molar-refractivity contribution < 1.29 is 14.3 Å². The van der Waals surface area contributed by atoms with E-state index in [2.05, 4.69) is 24.5 Å². The fraction of sp³-hybridized carbons (Fsp3) is 0.500. The molecule has 0 bridgehead atoms. The van der Waals surface area contributed by atoms with Crippen LogP contribution in [0, 0.1) is 0 Å². The van der Waals surface area contributed by atoms with E-state index in [-0.39, 0.29) is 12.5 Å². The standard InChI is InChI=1S/C26H38N2O3/c1-3-5-7-9-18-30-24-16-14-22(15-17-24)27-21-26(29)28-23-12-11-13-25(20-23)31-19-10-8-6-4-2/h11-17,20,27H,3-10,18-19,21H2,1-2H3,(H,28,29). The third-order valence-corrected chi connectivity index (χ3v) is 4.96. The van der Waals surface area contributed by atoms with E-state index in [1.165, 1.54) is 38.5 Å². The Bertz CT molecular complexity index is 747. The topological polar surface area (TPSA) is 59.6 Å². The van der Waals surface area contributed by atoms with E-state index in [1.54, 1.807) is 0 Å². The second kappa shape index (κ2) is 15.2. The first-order valence-electron chi connectivity index (χ1n) is 11.7. The Hall–Kier alpha value is -2.69. The summed E-state index contributed by atoms with van der Waals surface area (Å²) in [4.78, 5) is 12.3. The maximum absolute atomic E-state index is 12.3. The third-order valence-electron chi connectivity index (χ3n) is 4.96. The van der Waals surface area contributed by atoms with E-state index in [4.69, 9.17) is 9.47 Å². The minimum atomic E-state index is -0.101. The van der Waals surface area contributed by atoms with Gasteiger partial charge in [-0.1, -0.05) is 58.4 Å². The van der Waals surface area contributed by atoms with Crippen molar-refractivity contribution in [2.75, 3.05) is 30.4 Å². The SMILES string of the molecule is CCCCCCOc1ccc(NCC(=O)Nc2cccc(OCCCCCC)c2)cc1. The number of nitrogens with one attached hydrogen (secondary N) is 2. The molecule has 31 heavy (non-hydrogen) atoms. The molecule has 2 N–H and O–H groups in total. The molecule has 0 aliphatic rings. The molecule has 0 atom stereocenters. The Labute approximate surface area is 187 Å². The van der Waals surface area contributed by atoms with Gasteiger partial charge in [0.15, 0.2) is 0 Å². The van der Waals surface area contributed by atoms with Crippen molar-refractivity contribution in [1.29, 1.82) is 0 Å². The monoisotopic (exact) mass is 426 g/mol. The van der Waals surface area contributed by atoms with Gasteiger partial charge in [0.2, 0.25) is 5.91 Å². The number of ether oxygens (including phenoxy) is 2. The third kappa shape index (κ3) is 10.8. The summed E-state index contributed by atoms with van der Waals surface area (Å²) in [6, 6.07) is 15.3. The van der Waals surface area contributed by atoms with Crippen LogP contribution in [0.25, 0.3) is 0 Å². The molecule has 2 aromatic rings. The van der Waals surface area contributed by atoms with Crippen molar-refractivity contribution >= 4 is 17.3 Å². The van der Waals surface area contributed by atoms with Gasteiger partial charge < -0.3 is 20.1 Å². The highest BCUT2D eigenvalue weighted by atomic mass is 16.5. The molecule has 0 aliphatic carbocycles. The van der Waals surface area contributed by atoms with E-state index in [1.807, 2.05) is 48.5 Å².